The molecule has 2 aromatic rings. The molecule has 0 nitrogen and oxygen atoms in total. The Morgan fingerprint density at radius 2 is 1.18 bits per heavy atom. The largest absolute Gasteiger partial charge is 0.417 e. The van der Waals surface area contributed by atoms with Gasteiger partial charge >= 0.3 is 12.4 Å². The van der Waals surface area contributed by atoms with Crippen molar-refractivity contribution in [2.24, 2.45) is 0 Å². The van der Waals surface area contributed by atoms with E-state index in [1.807, 2.05) is 6.92 Å². The van der Waals surface area contributed by atoms with Crippen LogP contribution in [0.4, 0.5) is 26.3 Å². The van der Waals surface area contributed by atoms with Gasteiger partial charge < -0.3 is 0 Å². The first-order valence-corrected chi connectivity index (χ1v) is 6.50. The van der Waals surface area contributed by atoms with Crippen LogP contribution in [0.2, 0.25) is 0 Å². The third-order valence-electron chi connectivity index (χ3n) is 3.33. The van der Waals surface area contributed by atoms with Gasteiger partial charge in [-0.3, -0.25) is 0 Å². The molecule has 0 aliphatic heterocycles. The Labute approximate surface area is 123 Å². The fourth-order valence-corrected chi connectivity index (χ4v) is 2.14. The summed E-state index contributed by atoms with van der Waals surface area (Å²) >= 11 is 0. The molecule has 0 amide bonds. The van der Waals surface area contributed by atoms with Gasteiger partial charge in [0.2, 0.25) is 0 Å². The van der Waals surface area contributed by atoms with E-state index in [4.69, 9.17) is 0 Å². The van der Waals surface area contributed by atoms with Gasteiger partial charge in [-0.1, -0.05) is 37.3 Å². The van der Waals surface area contributed by atoms with Crippen LogP contribution in [0.5, 0.6) is 0 Å². The van der Waals surface area contributed by atoms with Crippen molar-refractivity contribution < 1.29 is 26.3 Å². The van der Waals surface area contributed by atoms with E-state index in [1.165, 1.54) is 0 Å². The molecule has 0 radical (unpaired) electrons. The zero-order valence-corrected chi connectivity index (χ0v) is 11.5. The quantitative estimate of drug-likeness (QED) is 0.600. The lowest BCUT2D eigenvalue weighted by molar-refractivity contribution is -0.162. The average Bonchev–Trinajstić information content (AvgIpc) is 2.45. The van der Waals surface area contributed by atoms with Crippen molar-refractivity contribution in [2.75, 3.05) is 0 Å². The van der Waals surface area contributed by atoms with Gasteiger partial charge in [0.15, 0.2) is 0 Å². The fraction of sp³-hybridized carbons (Fsp3) is 0.250. The molecule has 0 fully saturated rings. The lowest BCUT2D eigenvalue weighted by atomic mass is 9.97. The zero-order valence-electron chi connectivity index (χ0n) is 11.5. The number of halogens is 6. The van der Waals surface area contributed by atoms with Gasteiger partial charge in [-0.15, -0.1) is 0 Å². The smallest absolute Gasteiger partial charge is 0.166 e. The summed E-state index contributed by atoms with van der Waals surface area (Å²) in [6, 6.07) is 8.75. The zero-order chi connectivity index (χ0) is 16.5. The van der Waals surface area contributed by atoms with Crippen molar-refractivity contribution in [2.45, 2.75) is 25.7 Å². The maximum absolute atomic E-state index is 12.9. The molecule has 0 spiro atoms. The van der Waals surface area contributed by atoms with Crippen molar-refractivity contribution in [3.05, 3.63) is 59.2 Å². The molecule has 2 aromatic carbocycles. The summed E-state index contributed by atoms with van der Waals surface area (Å²) in [5, 5.41) is 0. The van der Waals surface area contributed by atoms with E-state index in [1.54, 1.807) is 24.3 Å². The lowest BCUT2D eigenvalue weighted by Gasteiger charge is -2.16. The van der Waals surface area contributed by atoms with E-state index in [0.29, 0.717) is 17.7 Å². The van der Waals surface area contributed by atoms with E-state index in [2.05, 4.69) is 0 Å². The second-order valence-electron chi connectivity index (χ2n) is 4.81. The summed E-state index contributed by atoms with van der Waals surface area (Å²) in [7, 11) is 0. The molecule has 0 bridgehead atoms. The minimum absolute atomic E-state index is 0.1000. The van der Waals surface area contributed by atoms with Crippen molar-refractivity contribution in [1.29, 1.82) is 0 Å². The van der Waals surface area contributed by atoms with Crippen molar-refractivity contribution >= 4 is 0 Å². The molecular weight excluding hydrogens is 306 g/mol. The second-order valence-corrected chi connectivity index (χ2v) is 4.81. The monoisotopic (exact) mass is 318 g/mol. The molecule has 0 saturated heterocycles. The normalized spacial score (nSPS) is 12.5. The minimum Gasteiger partial charge on any atom is -0.166 e. The number of hydrogen-bond donors (Lipinski definition) is 0. The molecule has 0 heterocycles. The topological polar surface area (TPSA) is 0 Å². The molecule has 0 aromatic heterocycles. The summed E-state index contributed by atoms with van der Waals surface area (Å²) in [5.74, 6) is 0. The van der Waals surface area contributed by atoms with Gasteiger partial charge in [0, 0.05) is 0 Å². The SMILES string of the molecule is CCc1ccc(-c2ccc(C(F)(F)F)c(C(F)(F)F)c2)cc1. The molecule has 0 saturated carbocycles. The fourth-order valence-electron chi connectivity index (χ4n) is 2.14. The maximum Gasteiger partial charge on any atom is 0.417 e. The van der Waals surface area contributed by atoms with Crippen LogP contribution in [0.3, 0.4) is 0 Å². The van der Waals surface area contributed by atoms with Gasteiger partial charge in [-0.25, -0.2) is 0 Å². The first-order valence-electron chi connectivity index (χ1n) is 6.50. The number of benzene rings is 2. The molecule has 22 heavy (non-hydrogen) atoms. The summed E-state index contributed by atoms with van der Waals surface area (Å²) in [5.41, 5.74) is -1.81. The third kappa shape index (κ3) is 3.43. The molecular formula is C16H12F6. The Bertz CT molecular complexity index is 650. The predicted molar refractivity (Wildman–Crippen MR) is 71.3 cm³/mol. The van der Waals surface area contributed by atoms with Gasteiger partial charge in [-0.05, 0) is 35.2 Å². The van der Waals surface area contributed by atoms with Gasteiger partial charge in [-0.2, -0.15) is 26.3 Å². The molecule has 6 heteroatoms. The van der Waals surface area contributed by atoms with E-state index in [9.17, 15) is 26.3 Å². The third-order valence-corrected chi connectivity index (χ3v) is 3.33. The van der Waals surface area contributed by atoms with Crippen molar-refractivity contribution in [3.8, 4) is 11.1 Å². The Morgan fingerprint density at radius 3 is 1.64 bits per heavy atom. The highest BCUT2D eigenvalue weighted by Crippen LogP contribution is 2.41. The van der Waals surface area contributed by atoms with Crippen LogP contribution in [0.15, 0.2) is 42.5 Å². The molecule has 0 aliphatic rings. The van der Waals surface area contributed by atoms with Crippen LogP contribution in [0.1, 0.15) is 23.6 Å². The average molecular weight is 318 g/mol. The van der Waals surface area contributed by atoms with Crippen molar-refractivity contribution in [1.82, 2.24) is 0 Å². The Morgan fingerprint density at radius 1 is 0.682 bits per heavy atom. The van der Waals surface area contributed by atoms with E-state index >= 15 is 0 Å². The highest BCUT2D eigenvalue weighted by Gasteiger charge is 2.43. The molecule has 0 N–H and O–H groups in total. The van der Waals surface area contributed by atoms with Crippen LogP contribution in [0, 0.1) is 0 Å². The number of aryl methyl sites for hydroxylation is 1. The van der Waals surface area contributed by atoms with Crippen LogP contribution >= 0.6 is 0 Å². The molecule has 118 valence electrons. The number of alkyl halides is 6. The number of hydrogen-bond acceptors (Lipinski definition) is 0. The Kier molecular flexibility index (Phi) is 4.22. The summed E-state index contributed by atoms with van der Waals surface area (Å²) < 4.78 is 76.8. The van der Waals surface area contributed by atoms with Gasteiger partial charge in [0.25, 0.3) is 0 Å². The summed E-state index contributed by atoms with van der Waals surface area (Å²) in [6.45, 7) is 1.93. The first-order chi connectivity index (χ1) is 10.1. The van der Waals surface area contributed by atoms with E-state index < -0.39 is 23.5 Å². The predicted octanol–water partition coefficient (Wildman–Crippen LogP) is 5.95. The van der Waals surface area contributed by atoms with Gasteiger partial charge in [0.05, 0.1) is 11.1 Å². The molecule has 0 aliphatic carbocycles. The van der Waals surface area contributed by atoms with Crippen LogP contribution in [0.25, 0.3) is 11.1 Å². The lowest BCUT2D eigenvalue weighted by Crippen LogP contribution is -2.16. The minimum atomic E-state index is -5.07. The highest BCUT2D eigenvalue weighted by atomic mass is 19.4. The second kappa shape index (κ2) is 5.66. The Balaban J connectivity index is 2.55. The van der Waals surface area contributed by atoms with Gasteiger partial charge in [0.1, 0.15) is 0 Å². The highest BCUT2D eigenvalue weighted by molar-refractivity contribution is 5.65. The summed E-state index contributed by atoms with van der Waals surface area (Å²) in [4.78, 5) is 0. The van der Waals surface area contributed by atoms with Crippen LogP contribution < -0.4 is 0 Å². The molecule has 0 atom stereocenters. The first kappa shape index (κ1) is 16.4. The molecule has 0 unspecified atom stereocenters. The summed E-state index contributed by atoms with van der Waals surface area (Å²) in [6.07, 6.45) is -9.35. The van der Waals surface area contributed by atoms with Crippen LogP contribution in [-0.2, 0) is 18.8 Å². The van der Waals surface area contributed by atoms with E-state index in [0.717, 1.165) is 18.1 Å². The van der Waals surface area contributed by atoms with Crippen molar-refractivity contribution in [3.63, 3.8) is 0 Å². The molecule has 2 rings (SSSR count). The maximum atomic E-state index is 12.9. The Hall–Kier alpha value is -1.98. The standard InChI is InChI=1S/C16H12F6/c1-2-10-3-5-11(6-4-10)12-7-8-13(15(17,18)19)14(9-12)16(20,21)22/h3-9H,2H2,1H3. The van der Waals surface area contributed by atoms with Crippen LogP contribution in [-0.4, -0.2) is 0 Å². The van der Waals surface area contributed by atoms with E-state index in [-0.39, 0.29) is 5.56 Å². The number of rotatable bonds is 2.